The number of aliphatic hydroxyl groups is 1. The van der Waals surface area contributed by atoms with Crippen LogP contribution in [-0.2, 0) is 12.0 Å². The van der Waals surface area contributed by atoms with Gasteiger partial charge in [-0.05, 0) is 55.5 Å². The van der Waals surface area contributed by atoms with Gasteiger partial charge >= 0.3 is 0 Å². The van der Waals surface area contributed by atoms with Gasteiger partial charge in [-0.1, -0.05) is 55.3 Å². The van der Waals surface area contributed by atoms with Crippen LogP contribution in [0.15, 0.2) is 60.8 Å². The Hall–Kier alpha value is -2.72. The van der Waals surface area contributed by atoms with Crippen molar-refractivity contribution in [3.63, 3.8) is 0 Å². The first-order valence-corrected chi connectivity index (χ1v) is 10.4. The van der Waals surface area contributed by atoms with E-state index in [0.717, 1.165) is 11.4 Å². The molecule has 0 radical (unpaired) electrons. The molecule has 150 valence electrons. The minimum absolute atomic E-state index is 0.143. The van der Waals surface area contributed by atoms with Crippen molar-refractivity contribution in [2.24, 2.45) is 0 Å². The second-order valence-corrected chi connectivity index (χ2v) is 7.94. The smallest absolute Gasteiger partial charge is 0.157 e. The Kier molecular flexibility index (Phi) is 5.63. The Morgan fingerprint density at radius 2 is 1.66 bits per heavy atom. The topological polar surface area (TPSA) is 55.2 Å². The summed E-state index contributed by atoms with van der Waals surface area (Å²) in [5, 5.41) is 9.92. The zero-order chi connectivity index (χ0) is 20.3. The summed E-state index contributed by atoms with van der Waals surface area (Å²) >= 11 is 0. The van der Waals surface area contributed by atoms with E-state index in [1.165, 1.54) is 36.0 Å². The Bertz CT molecular complexity index is 947. The summed E-state index contributed by atoms with van der Waals surface area (Å²) in [6.07, 6.45) is 5.29. The maximum Gasteiger partial charge on any atom is 0.157 e. The number of hydrogen-bond acceptors (Lipinski definition) is 4. The number of benzene rings is 2. The summed E-state index contributed by atoms with van der Waals surface area (Å²) in [5.41, 5.74) is 4.97. The van der Waals surface area contributed by atoms with Crippen LogP contribution in [0.1, 0.15) is 66.9 Å². The maximum absolute atomic E-state index is 9.92. The molecular formula is C25H28N2O2. The van der Waals surface area contributed by atoms with Gasteiger partial charge in [-0.25, -0.2) is 9.97 Å². The van der Waals surface area contributed by atoms with Gasteiger partial charge in [0.05, 0.1) is 5.69 Å². The average Bonchev–Trinajstić information content (AvgIpc) is 2.73. The normalized spacial score (nSPS) is 16.1. The molecule has 0 saturated heterocycles. The van der Waals surface area contributed by atoms with Gasteiger partial charge in [-0.3, -0.25) is 0 Å². The first kappa shape index (κ1) is 19.6. The molecule has 1 heterocycles. The third-order valence-corrected chi connectivity index (χ3v) is 6.02. The van der Waals surface area contributed by atoms with Gasteiger partial charge in [0, 0.05) is 11.6 Å². The quantitative estimate of drug-likeness (QED) is 0.598. The lowest BCUT2D eigenvalue weighted by molar-refractivity contribution is 0.162. The van der Waals surface area contributed by atoms with Crippen molar-refractivity contribution in [1.82, 2.24) is 9.97 Å². The molecule has 3 aromatic rings. The molecule has 0 amide bonds. The first-order valence-electron chi connectivity index (χ1n) is 10.4. The SMILES string of the molecule is CCC(O)c1nccc(COc2ccc(C3(c4ccc(C)cc4)CCC3)cc2)n1. The number of aliphatic hydroxyl groups excluding tert-OH is 1. The van der Waals surface area contributed by atoms with Crippen LogP contribution >= 0.6 is 0 Å². The number of rotatable bonds is 7. The fourth-order valence-electron chi connectivity index (χ4n) is 4.01. The highest BCUT2D eigenvalue weighted by Gasteiger charge is 2.40. The zero-order valence-electron chi connectivity index (χ0n) is 17.1. The van der Waals surface area contributed by atoms with Gasteiger partial charge in [-0.15, -0.1) is 0 Å². The molecular weight excluding hydrogens is 360 g/mol. The molecule has 1 N–H and O–H groups in total. The predicted molar refractivity (Wildman–Crippen MR) is 114 cm³/mol. The largest absolute Gasteiger partial charge is 0.487 e. The highest BCUT2D eigenvalue weighted by Crippen LogP contribution is 2.49. The molecule has 4 nitrogen and oxygen atoms in total. The molecule has 1 atom stereocenters. The second-order valence-electron chi connectivity index (χ2n) is 7.94. The summed E-state index contributed by atoms with van der Waals surface area (Å²) in [6.45, 7) is 4.39. The van der Waals surface area contributed by atoms with Crippen molar-refractivity contribution >= 4 is 0 Å². The molecule has 1 aliphatic rings. The minimum Gasteiger partial charge on any atom is -0.487 e. The van der Waals surface area contributed by atoms with Gasteiger partial charge in [0.15, 0.2) is 5.82 Å². The van der Waals surface area contributed by atoms with Gasteiger partial charge < -0.3 is 9.84 Å². The van der Waals surface area contributed by atoms with Crippen molar-refractivity contribution in [2.75, 3.05) is 0 Å². The molecule has 1 aromatic heterocycles. The van der Waals surface area contributed by atoms with Gasteiger partial charge in [0.2, 0.25) is 0 Å². The van der Waals surface area contributed by atoms with E-state index in [0.29, 0.717) is 18.9 Å². The van der Waals surface area contributed by atoms with Crippen molar-refractivity contribution in [3.8, 4) is 5.75 Å². The van der Waals surface area contributed by atoms with Crippen molar-refractivity contribution in [2.45, 2.75) is 57.7 Å². The van der Waals surface area contributed by atoms with E-state index in [9.17, 15) is 5.11 Å². The Morgan fingerprint density at radius 1 is 1.00 bits per heavy atom. The fraction of sp³-hybridized carbons (Fsp3) is 0.360. The summed E-state index contributed by atoms with van der Waals surface area (Å²) in [5.74, 6) is 1.28. The molecule has 0 spiro atoms. The molecule has 0 aliphatic heterocycles. The van der Waals surface area contributed by atoms with Crippen molar-refractivity contribution in [1.29, 1.82) is 0 Å². The van der Waals surface area contributed by atoms with Crippen molar-refractivity contribution in [3.05, 3.63) is 89.0 Å². The van der Waals surface area contributed by atoms with Crippen LogP contribution in [0.4, 0.5) is 0 Å². The number of hydrogen-bond donors (Lipinski definition) is 1. The first-order chi connectivity index (χ1) is 14.1. The lowest BCUT2D eigenvalue weighted by Gasteiger charge is -2.43. The number of aryl methyl sites for hydroxylation is 1. The van der Waals surface area contributed by atoms with Crippen LogP contribution in [0, 0.1) is 6.92 Å². The van der Waals surface area contributed by atoms with E-state index in [1.54, 1.807) is 6.20 Å². The maximum atomic E-state index is 9.92. The van der Waals surface area contributed by atoms with Crippen LogP contribution in [-0.4, -0.2) is 15.1 Å². The Morgan fingerprint density at radius 3 is 2.24 bits per heavy atom. The van der Waals surface area contributed by atoms with Crippen molar-refractivity contribution < 1.29 is 9.84 Å². The lowest BCUT2D eigenvalue weighted by Crippen LogP contribution is -2.35. The summed E-state index contributed by atoms with van der Waals surface area (Å²) in [7, 11) is 0. The third kappa shape index (κ3) is 4.03. The van der Waals surface area contributed by atoms with Gasteiger partial charge in [0.1, 0.15) is 18.5 Å². The van der Waals surface area contributed by atoms with Crippen LogP contribution in [0.3, 0.4) is 0 Å². The van der Waals surface area contributed by atoms with E-state index in [-0.39, 0.29) is 5.41 Å². The summed E-state index contributed by atoms with van der Waals surface area (Å²) in [4.78, 5) is 8.54. The zero-order valence-corrected chi connectivity index (χ0v) is 17.1. The second kappa shape index (κ2) is 8.34. The molecule has 1 fully saturated rings. The molecule has 4 rings (SSSR count). The molecule has 1 unspecified atom stereocenters. The molecule has 1 aliphatic carbocycles. The van der Waals surface area contributed by atoms with E-state index >= 15 is 0 Å². The molecule has 2 aromatic carbocycles. The van der Waals surface area contributed by atoms with Crippen LogP contribution in [0.25, 0.3) is 0 Å². The van der Waals surface area contributed by atoms with Gasteiger partial charge in [-0.2, -0.15) is 0 Å². The van der Waals surface area contributed by atoms with E-state index in [1.807, 2.05) is 25.1 Å². The van der Waals surface area contributed by atoms with Crippen LogP contribution in [0.2, 0.25) is 0 Å². The molecule has 4 heteroatoms. The summed E-state index contributed by atoms with van der Waals surface area (Å²) in [6, 6.07) is 19.3. The highest BCUT2D eigenvalue weighted by molar-refractivity contribution is 5.44. The van der Waals surface area contributed by atoms with Gasteiger partial charge in [0.25, 0.3) is 0 Å². The number of aromatic nitrogens is 2. The molecule has 0 bridgehead atoms. The Balaban J connectivity index is 1.46. The average molecular weight is 389 g/mol. The summed E-state index contributed by atoms with van der Waals surface area (Å²) < 4.78 is 5.93. The van der Waals surface area contributed by atoms with E-state index < -0.39 is 6.10 Å². The Labute approximate surface area is 172 Å². The predicted octanol–water partition coefficient (Wildman–Crippen LogP) is 5.28. The van der Waals surface area contributed by atoms with Crippen LogP contribution < -0.4 is 4.74 Å². The lowest BCUT2D eigenvalue weighted by atomic mass is 9.60. The van der Waals surface area contributed by atoms with E-state index in [2.05, 4.69) is 53.3 Å². The monoisotopic (exact) mass is 388 g/mol. The molecule has 1 saturated carbocycles. The van der Waals surface area contributed by atoms with E-state index in [4.69, 9.17) is 4.74 Å². The highest BCUT2D eigenvalue weighted by atomic mass is 16.5. The third-order valence-electron chi connectivity index (χ3n) is 6.02. The fourth-order valence-corrected chi connectivity index (χ4v) is 4.01. The molecule has 29 heavy (non-hydrogen) atoms. The number of ether oxygens (including phenoxy) is 1. The minimum atomic E-state index is -0.630. The van der Waals surface area contributed by atoms with Crippen LogP contribution in [0.5, 0.6) is 5.75 Å². The standard InChI is InChI=1S/C25H28N2O2/c1-3-23(28)24-26-16-13-21(27-24)17-29-22-11-9-20(10-12-22)25(14-4-15-25)19-7-5-18(2)6-8-19/h5-13,16,23,28H,3-4,14-15,17H2,1-2H3. The number of nitrogens with zero attached hydrogens (tertiary/aromatic N) is 2.